The molecule has 5 heteroatoms. The van der Waals surface area contributed by atoms with E-state index in [4.69, 9.17) is 5.73 Å². The van der Waals surface area contributed by atoms with E-state index in [1.807, 2.05) is 24.3 Å². The van der Waals surface area contributed by atoms with Crippen molar-refractivity contribution in [1.29, 1.82) is 0 Å². The van der Waals surface area contributed by atoms with Crippen molar-refractivity contribution in [1.82, 2.24) is 15.1 Å². The molecule has 0 aliphatic carbocycles. The van der Waals surface area contributed by atoms with Gasteiger partial charge in [0.1, 0.15) is 0 Å². The van der Waals surface area contributed by atoms with Crippen LogP contribution in [0.5, 0.6) is 0 Å². The first kappa shape index (κ1) is 13.1. The molecule has 1 aromatic carbocycles. The third-order valence-corrected chi connectivity index (χ3v) is 2.90. The minimum absolute atomic E-state index is 0.0669. The van der Waals surface area contributed by atoms with Crippen LogP contribution >= 0.6 is 0 Å². The summed E-state index contributed by atoms with van der Waals surface area (Å²) in [5.74, 6) is -0.0669. The summed E-state index contributed by atoms with van der Waals surface area (Å²) in [5.41, 5.74) is 8.09. The Morgan fingerprint density at radius 2 is 2.11 bits per heavy atom. The molecule has 0 radical (unpaired) electrons. The molecule has 0 fully saturated rings. The Hall–Kier alpha value is -2.30. The molecule has 0 bridgehead atoms. The third kappa shape index (κ3) is 3.58. The van der Waals surface area contributed by atoms with Crippen LogP contribution in [0, 0.1) is 0 Å². The summed E-state index contributed by atoms with van der Waals surface area (Å²) in [7, 11) is 0. The molecular formula is C14H18N4O. The van der Waals surface area contributed by atoms with Crippen molar-refractivity contribution in [2.45, 2.75) is 19.9 Å². The molecule has 3 N–H and O–H groups in total. The number of anilines is 1. The maximum Gasteiger partial charge on any atom is 0.251 e. The Labute approximate surface area is 112 Å². The maximum atomic E-state index is 11.9. The lowest BCUT2D eigenvalue weighted by atomic mass is 10.1. The second-order valence-corrected chi connectivity index (χ2v) is 4.34. The van der Waals surface area contributed by atoms with E-state index in [2.05, 4.69) is 17.3 Å². The lowest BCUT2D eigenvalue weighted by molar-refractivity contribution is 0.0952. The Morgan fingerprint density at radius 1 is 1.37 bits per heavy atom. The van der Waals surface area contributed by atoms with Gasteiger partial charge in [-0.3, -0.25) is 9.48 Å². The number of aryl methyl sites for hydroxylation is 1. The Balaban J connectivity index is 1.83. The number of carbonyl (C=O) groups is 1. The molecule has 19 heavy (non-hydrogen) atoms. The number of nitrogen functional groups attached to an aromatic ring is 1. The molecule has 1 amide bonds. The first-order valence-corrected chi connectivity index (χ1v) is 6.34. The molecule has 0 aliphatic heterocycles. The van der Waals surface area contributed by atoms with Gasteiger partial charge in [-0.15, -0.1) is 0 Å². The average Bonchev–Trinajstić information content (AvgIpc) is 2.84. The Morgan fingerprint density at radius 3 is 2.68 bits per heavy atom. The summed E-state index contributed by atoms with van der Waals surface area (Å²) >= 11 is 0. The van der Waals surface area contributed by atoms with Crippen LogP contribution in [0.15, 0.2) is 36.7 Å². The molecule has 1 aromatic heterocycles. The summed E-state index contributed by atoms with van der Waals surface area (Å²) in [6.07, 6.45) is 4.30. The van der Waals surface area contributed by atoms with Gasteiger partial charge in [-0.1, -0.05) is 19.1 Å². The zero-order valence-electron chi connectivity index (χ0n) is 11.0. The highest BCUT2D eigenvalue weighted by Crippen LogP contribution is 2.04. The average molecular weight is 258 g/mol. The van der Waals surface area contributed by atoms with Crippen LogP contribution in [-0.2, 0) is 13.0 Å². The van der Waals surface area contributed by atoms with Crippen LogP contribution < -0.4 is 11.1 Å². The first-order valence-electron chi connectivity index (χ1n) is 6.34. The van der Waals surface area contributed by atoms with Crippen LogP contribution in [0.4, 0.5) is 5.69 Å². The van der Waals surface area contributed by atoms with Crippen LogP contribution in [0.25, 0.3) is 0 Å². The predicted molar refractivity (Wildman–Crippen MR) is 74.8 cm³/mol. The Kier molecular flexibility index (Phi) is 4.18. The van der Waals surface area contributed by atoms with E-state index < -0.39 is 0 Å². The smallest absolute Gasteiger partial charge is 0.251 e. The number of hydrogen-bond donors (Lipinski definition) is 2. The van der Waals surface area contributed by atoms with Gasteiger partial charge in [0.2, 0.25) is 0 Å². The molecule has 0 spiro atoms. The highest BCUT2D eigenvalue weighted by molar-refractivity contribution is 5.94. The number of hydrogen-bond acceptors (Lipinski definition) is 3. The number of nitrogens with one attached hydrogen (secondary N) is 1. The molecule has 5 nitrogen and oxygen atoms in total. The second kappa shape index (κ2) is 6.04. The van der Waals surface area contributed by atoms with Crippen LogP contribution in [0.3, 0.4) is 0 Å². The highest BCUT2D eigenvalue weighted by atomic mass is 16.1. The minimum atomic E-state index is -0.0669. The molecule has 0 aliphatic rings. The normalized spacial score (nSPS) is 10.4. The largest absolute Gasteiger partial charge is 0.396 e. The van der Waals surface area contributed by atoms with Crippen molar-refractivity contribution in [3.8, 4) is 0 Å². The fourth-order valence-corrected chi connectivity index (χ4v) is 1.78. The van der Waals surface area contributed by atoms with E-state index in [9.17, 15) is 4.79 Å². The number of aromatic nitrogens is 2. The molecule has 0 unspecified atom stereocenters. The summed E-state index contributed by atoms with van der Waals surface area (Å²) < 4.78 is 1.70. The second-order valence-electron chi connectivity index (χ2n) is 4.34. The first-order chi connectivity index (χ1) is 9.19. The van der Waals surface area contributed by atoms with Gasteiger partial charge in [-0.2, -0.15) is 5.10 Å². The van der Waals surface area contributed by atoms with Crippen LogP contribution in [0.1, 0.15) is 22.8 Å². The van der Waals surface area contributed by atoms with E-state index in [1.54, 1.807) is 17.1 Å². The number of nitrogens with two attached hydrogens (primary N) is 1. The van der Waals surface area contributed by atoms with Gasteiger partial charge in [-0.05, 0) is 24.1 Å². The van der Waals surface area contributed by atoms with Gasteiger partial charge in [0.05, 0.1) is 18.4 Å². The third-order valence-electron chi connectivity index (χ3n) is 2.90. The van der Waals surface area contributed by atoms with E-state index >= 15 is 0 Å². The van der Waals surface area contributed by atoms with E-state index in [-0.39, 0.29) is 5.91 Å². The zero-order valence-corrected chi connectivity index (χ0v) is 11.0. The number of rotatable bonds is 5. The van der Waals surface area contributed by atoms with Crippen molar-refractivity contribution >= 4 is 11.6 Å². The number of benzene rings is 1. The molecule has 0 saturated heterocycles. The maximum absolute atomic E-state index is 11.9. The Bertz CT molecular complexity index is 545. The number of nitrogens with zero attached hydrogens (tertiary/aromatic N) is 2. The van der Waals surface area contributed by atoms with Crippen molar-refractivity contribution in [3.63, 3.8) is 0 Å². The van der Waals surface area contributed by atoms with Gasteiger partial charge >= 0.3 is 0 Å². The van der Waals surface area contributed by atoms with Gasteiger partial charge in [0.15, 0.2) is 0 Å². The molecule has 100 valence electrons. The monoisotopic (exact) mass is 258 g/mol. The number of amides is 1. The highest BCUT2D eigenvalue weighted by Gasteiger charge is 2.04. The molecule has 1 heterocycles. The molecular weight excluding hydrogens is 240 g/mol. The van der Waals surface area contributed by atoms with Gasteiger partial charge in [0.25, 0.3) is 5.91 Å². The van der Waals surface area contributed by atoms with Gasteiger partial charge < -0.3 is 11.1 Å². The minimum Gasteiger partial charge on any atom is -0.396 e. The van der Waals surface area contributed by atoms with Crippen molar-refractivity contribution in [2.24, 2.45) is 0 Å². The van der Waals surface area contributed by atoms with Crippen molar-refractivity contribution < 1.29 is 4.79 Å². The van der Waals surface area contributed by atoms with E-state index in [0.29, 0.717) is 24.3 Å². The fourth-order valence-electron chi connectivity index (χ4n) is 1.78. The summed E-state index contributed by atoms with van der Waals surface area (Å²) in [6, 6.07) is 7.65. The molecule has 2 rings (SSSR count). The van der Waals surface area contributed by atoms with Crippen molar-refractivity contribution in [2.75, 3.05) is 12.3 Å². The van der Waals surface area contributed by atoms with E-state index in [0.717, 1.165) is 6.42 Å². The van der Waals surface area contributed by atoms with Crippen LogP contribution in [-0.4, -0.2) is 22.2 Å². The lowest BCUT2D eigenvalue weighted by Crippen LogP contribution is -2.27. The molecule has 2 aromatic rings. The predicted octanol–water partition coefficient (Wildman–Crippen LogP) is 1.46. The van der Waals surface area contributed by atoms with Crippen molar-refractivity contribution in [3.05, 3.63) is 47.8 Å². The zero-order chi connectivity index (χ0) is 13.7. The van der Waals surface area contributed by atoms with E-state index in [1.165, 1.54) is 5.56 Å². The fraction of sp³-hybridized carbons (Fsp3) is 0.286. The molecule has 0 saturated carbocycles. The quantitative estimate of drug-likeness (QED) is 0.852. The molecule has 0 atom stereocenters. The topological polar surface area (TPSA) is 72.9 Å². The van der Waals surface area contributed by atoms with Crippen LogP contribution in [0.2, 0.25) is 0 Å². The summed E-state index contributed by atoms with van der Waals surface area (Å²) in [4.78, 5) is 11.9. The van der Waals surface area contributed by atoms with Gasteiger partial charge in [-0.25, -0.2) is 0 Å². The lowest BCUT2D eigenvalue weighted by Gasteiger charge is -2.06. The van der Waals surface area contributed by atoms with Gasteiger partial charge in [0, 0.05) is 18.3 Å². The standard InChI is InChI=1S/C14H18N4O/c1-2-11-3-5-12(6-4-11)14(19)16-7-8-18-10-13(15)9-17-18/h3-6,9-10H,2,7-8,15H2,1H3,(H,16,19). The summed E-state index contributed by atoms with van der Waals surface area (Å²) in [5, 5.41) is 6.90. The number of carbonyl (C=O) groups excluding carboxylic acids is 1. The summed E-state index contributed by atoms with van der Waals surface area (Å²) in [6.45, 7) is 3.22. The SMILES string of the molecule is CCc1ccc(C(=O)NCCn2cc(N)cn2)cc1.